The van der Waals surface area contributed by atoms with Crippen molar-refractivity contribution in [2.45, 2.75) is 6.42 Å². The van der Waals surface area contributed by atoms with E-state index in [1.165, 1.54) is 23.0 Å². The van der Waals surface area contributed by atoms with E-state index in [1.807, 2.05) is 30.3 Å². The van der Waals surface area contributed by atoms with E-state index in [0.717, 1.165) is 11.3 Å². The normalized spacial score (nSPS) is 10.5. The van der Waals surface area contributed by atoms with E-state index in [0.29, 0.717) is 13.0 Å². The van der Waals surface area contributed by atoms with Crippen molar-refractivity contribution in [2.24, 2.45) is 0 Å². The van der Waals surface area contributed by atoms with Crippen LogP contribution in [0.2, 0.25) is 0 Å². The van der Waals surface area contributed by atoms with Gasteiger partial charge in [0.15, 0.2) is 11.4 Å². The minimum Gasteiger partial charge on any atom is -0.504 e. The van der Waals surface area contributed by atoms with Gasteiger partial charge in [-0.25, -0.2) is 9.07 Å². The lowest BCUT2D eigenvalue weighted by Gasteiger charge is -2.04. The number of nitrogens with one attached hydrogen (secondary N) is 1. The fourth-order valence-electron chi connectivity index (χ4n) is 2.29. The fourth-order valence-corrected chi connectivity index (χ4v) is 2.29. The number of carbonyl (C=O) groups is 1. The Bertz CT molecular complexity index is 829. The van der Waals surface area contributed by atoms with Crippen molar-refractivity contribution >= 4 is 5.91 Å². The predicted octanol–water partition coefficient (Wildman–Crippen LogP) is 2.69. The molecule has 122 valence electrons. The summed E-state index contributed by atoms with van der Waals surface area (Å²) in [5.74, 6) is -0.929. The average molecular weight is 325 g/mol. The number of rotatable bonds is 5. The van der Waals surface area contributed by atoms with E-state index in [4.69, 9.17) is 0 Å². The molecule has 0 saturated heterocycles. The monoisotopic (exact) mass is 325 g/mol. The van der Waals surface area contributed by atoms with Gasteiger partial charge in [0, 0.05) is 6.54 Å². The van der Waals surface area contributed by atoms with Gasteiger partial charge in [0.25, 0.3) is 5.91 Å². The van der Waals surface area contributed by atoms with Crippen LogP contribution in [-0.2, 0) is 6.42 Å². The van der Waals surface area contributed by atoms with Crippen LogP contribution in [-0.4, -0.2) is 27.3 Å². The SMILES string of the molecule is O=C(NCCc1ccc(F)cc1)c1nn(-c2ccccc2)cc1O. The Morgan fingerprint density at radius 2 is 1.83 bits per heavy atom. The third kappa shape index (κ3) is 3.60. The lowest BCUT2D eigenvalue weighted by atomic mass is 10.1. The second-order valence-electron chi connectivity index (χ2n) is 5.28. The molecule has 2 N–H and O–H groups in total. The molecule has 0 aliphatic heterocycles. The molecule has 1 heterocycles. The summed E-state index contributed by atoms with van der Waals surface area (Å²) >= 11 is 0. The molecule has 0 saturated carbocycles. The highest BCUT2D eigenvalue weighted by atomic mass is 19.1. The second-order valence-corrected chi connectivity index (χ2v) is 5.28. The summed E-state index contributed by atoms with van der Waals surface area (Å²) in [6, 6.07) is 15.3. The number of hydrogen-bond donors (Lipinski definition) is 2. The van der Waals surface area contributed by atoms with Gasteiger partial charge < -0.3 is 10.4 Å². The molecule has 0 bridgehead atoms. The Hall–Kier alpha value is -3.15. The first-order valence-corrected chi connectivity index (χ1v) is 7.50. The molecular formula is C18H16FN3O2. The van der Waals surface area contributed by atoms with Crippen molar-refractivity contribution < 1.29 is 14.3 Å². The van der Waals surface area contributed by atoms with Crippen LogP contribution < -0.4 is 5.32 Å². The van der Waals surface area contributed by atoms with Crippen LogP contribution >= 0.6 is 0 Å². The van der Waals surface area contributed by atoms with E-state index >= 15 is 0 Å². The Labute approximate surface area is 138 Å². The van der Waals surface area contributed by atoms with Crippen LogP contribution in [0.1, 0.15) is 16.1 Å². The van der Waals surface area contributed by atoms with Gasteiger partial charge in [0.05, 0.1) is 11.9 Å². The van der Waals surface area contributed by atoms with Crippen molar-refractivity contribution in [3.63, 3.8) is 0 Å². The summed E-state index contributed by atoms with van der Waals surface area (Å²) in [4.78, 5) is 12.1. The summed E-state index contributed by atoms with van der Waals surface area (Å²) in [6.45, 7) is 0.363. The van der Waals surface area contributed by atoms with Gasteiger partial charge in [-0.15, -0.1) is 0 Å². The number of amides is 1. The van der Waals surface area contributed by atoms with Gasteiger partial charge >= 0.3 is 0 Å². The molecule has 3 rings (SSSR count). The molecule has 5 nitrogen and oxygen atoms in total. The molecule has 1 amide bonds. The minimum absolute atomic E-state index is 0.0297. The van der Waals surface area contributed by atoms with Crippen LogP contribution in [0.5, 0.6) is 5.75 Å². The molecule has 3 aromatic rings. The number of para-hydroxylation sites is 1. The lowest BCUT2D eigenvalue weighted by Crippen LogP contribution is -2.26. The van der Waals surface area contributed by atoms with Crippen molar-refractivity contribution in [2.75, 3.05) is 6.54 Å². The molecule has 0 radical (unpaired) electrons. The fraction of sp³-hybridized carbons (Fsp3) is 0.111. The third-order valence-electron chi connectivity index (χ3n) is 3.54. The largest absolute Gasteiger partial charge is 0.504 e. The van der Waals surface area contributed by atoms with Crippen LogP contribution in [0, 0.1) is 5.82 Å². The van der Waals surface area contributed by atoms with Gasteiger partial charge in [0.2, 0.25) is 0 Å². The first-order chi connectivity index (χ1) is 11.6. The summed E-state index contributed by atoms with van der Waals surface area (Å²) < 4.78 is 14.3. The topological polar surface area (TPSA) is 67.2 Å². The highest BCUT2D eigenvalue weighted by Gasteiger charge is 2.16. The molecular weight excluding hydrogens is 309 g/mol. The molecule has 0 fully saturated rings. The summed E-state index contributed by atoms with van der Waals surface area (Å²) in [5, 5.41) is 16.7. The van der Waals surface area contributed by atoms with E-state index in [-0.39, 0.29) is 17.3 Å². The van der Waals surface area contributed by atoms with E-state index < -0.39 is 5.91 Å². The molecule has 0 spiro atoms. The van der Waals surface area contributed by atoms with Crippen molar-refractivity contribution in [3.05, 3.63) is 77.9 Å². The molecule has 2 aromatic carbocycles. The molecule has 24 heavy (non-hydrogen) atoms. The summed E-state index contributed by atoms with van der Waals surface area (Å²) in [7, 11) is 0. The Morgan fingerprint density at radius 3 is 2.54 bits per heavy atom. The van der Waals surface area contributed by atoms with Gasteiger partial charge in [0.1, 0.15) is 5.82 Å². The number of nitrogens with zero attached hydrogens (tertiary/aromatic N) is 2. The molecule has 6 heteroatoms. The van der Waals surface area contributed by atoms with Crippen LogP contribution in [0.15, 0.2) is 60.8 Å². The Kier molecular flexibility index (Phi) is 4.56. The van der Waals surface area contributed by atoms with Crippen molar-refractivity contribution in [1.82, 2.24) is 15.1 Å². The first-order valence-electron chi connectivity index (χ1n) is 7.50. The highest BCUT2D eigenvalue weighted by molar-refractivity contribution is 5.94. The zero-order valence-electron chi connectivity index (χ0n) is 12.8. The minimum atomic E-state index is -0.454. The number of benzene rings is 2. The molecule has 0 aliphatic carbocycles. The predicted molar refractivity (Wildman–Crippen MR) is 87.7 cm³/mol. The zero-order valence-corrected chi connectivity index (χ0v) is 12.8. The lowest BCUT2D eigenvalue weighted by molar-refractivity contribution is 0.0946. The smallest absolute Gasteiger partial charge is 0.275 e. The molecule has 0 atom stereocenters. The van der Waals surface area contributed by atoms with Crippen molar-refractivity contribution in [3.8, 4) is 11.4 Å². The van der Waals surface area contributed by atoms with Crippen LogP contribution in [0.4, 0.5) is 4.39 Å². The van der Waals surface area contributed by atoms with Gasteiger partial charge in [-0.05, 0) is 36.2 Å². The maximum Gasteiger partial charge on any atom is 0.275 e. The van der Waals surface area contributed by atoms with Gasteiger partial charge in [-0.1, -0.05) is 30.3 Å². The van der Waals surface area contributed by atoms with Gasteiger partial charge in [-0.2, -0.15) is 5.10 Å². The quantitative estimate of drug-likeness (QED) is 0.758. The Morgan fingerprint density at radius 1 is 1.12 bits per heavy atom. The third-order valence-corrected chi connectivity index (χ3v) is 3.54. The van der Waals surface area contributed by atoms with Crippen LogP contribution in [0.25, 0.3) is 5.69 Å². The highest BCUT2D eigenvalue weighted by Crippen LogP contribution is 2.17. The number of aromatic nitrogens is 2. The summed E-state index contributed by atoms with van der Waals surface area (Å²) in [5.41, 5.74) is 1.63. The maximum absolute atomic E-state index is 12.8. The van der Waals surface area contributed by atoms with Crippen molar-refractivity contribution in [1.29, 1.82) is 0 Å². The van der Waals surface area contributed by atoms with E-state index in [1.54, 1.807) is 12.1 Å². The number of hydrogen-bond acceptors (Lipinski definition) is 3. The molecule has 0 unspecified atom stereocenters. The Balaban J connectivity index is 1.63. The molecule has 0 aliphatic rings. The van der Waals surface area contributed by atoms with Gasteiger partial charge in [-0.3, -0.25) is 4.79 Å². The number of halogens is 1. The van der Waals surface area contributed by atoms with E-state index in [9.17, 15) is 14.3 Å². The number of carbonyl (C=O) groups excluding carboxylic acids is 1. The number of aromatic hydroxyl groups is 1. The van der Waals surface area contributed by atoms with E-state index in [2.05, 4.69) is 10.4 Å². The zero-order chi connectivity index (χ0) is 16.9. The first kappa shape index (κ1) is 15.7. The second kappa shape index (κ2) is 6.95. The van der Waals surface area contributed by atoms with Crippen LogP contribution in [0.3, 0.4) is 0 Å². The average Bonchev–Trinajstić information content (AvgIpc) is 2.99. The molecule has 1 aromatic heterocycles. The summed E-state index contributed by atoms with van der Waals surface area (Å²) in [6.07, 6.45) is 1.95. The standard InChI is InChI=1S/C18H16FN3O2/c19-14-8-6-13(7-9-14)10-11-20-18(24)17-16(23)12-22(21-17)15-4-2-1-3-5-15/h1-9,12,23H,10-11H2,(H,20,24). The maximum atomic E-state index is 12.8.